The maximum Gasteiger partial charge on any atom is 0.225 e. The Labute approximate surface area is 260 Å². The molecule has 1 saturated heterocycles. The van der Waals surface area contributed by atoms with Gasteiger partial charge in [0.25, 0.3) is 0 Å². The van der Waals surface area contributed by atoms with Crippen LogP contribution < -0.4 is 5.73 Å². The first-order chi connectivity index (χ1) is 22.2. The second-order valence-corrected chi connectivity index (χ2v) is 11.7. The third-order valence-corrected chi connectivity index (χ3v) is 8.99. The summed E-state index contributed by atoms with van der Waals surface area (Å²) in [5.74, 6) is 0.622. The van der Waals surface area contributed by atoms with Crippen LogP contribution in [0.25, 0.3) is 77.2 Å². The Hall–Kier alpha value is -5.55. The van der Waals surface area contributed by atoms with Gasteiger partial charge in [-0.2, -0.15) is 0 Å². The number of nitrogens with zero attached hydrogens (tertiary/aromatic N) is 1. The highest BCUT2D eigenvalue weighted by atomic mass is 16.6. The number of hydrogen-bond acceptors (Lipinski definition) is 4. The average molecular weight is 581 g/mol. The zero-order valence-electron chi connectivity index (χ0n) is 24.4. The normalized spacial score (nSPS) is 16.0. The van der Waals surface area contributed by atoms with Gasteiger partial charge in [0.05, 0.1) is 6.20 Å². The van der Waals surface area contributed by atoms with E-state index in [-0.39, 0.29) is 12.3 Å². The number of rotatable bonds is 5. The Morgan fingerprint density at radius 2 is 0.978 bits per heavy atom. The van der Waals surface area contributed by atoms with E-state index in [9.17, 15) is 0 Å². The third-order valence-electron chi connectivity index (χ3n) is 8.99. The van der Waals surface area contributed by atoms with E-state index in [0.29, 0.717) is 5.89 Å². The Balaban J connectivity index is 1.27. The largest absolute Gasteiger partial charge is 0.445 e. The van der Waals surface area contributed by atoms with Crippen LogP contribution in [0.5, 0.6) is 0 Å². The number of epoxide rings is 1. The van der Waals surface area contributed by atoms with Gasteiger partial charge in [-0.3, -0.25) is 0 Å². The third kappa shape index (κ3) is 4.51. The smallest absolute Gasteiger partial charge is 0.225 e. The first-order valence-corrected chi connectivity index (χ1v) is 15.2. The standard InChI is InChI=1S/C41H28N2O2/c42-40-39(45-40)31-10-4-8-26(20-31)30-14-16-34-33-15-13-29(27-9-5-11-32(21-27)41-43-18-19-44-41)23-36(33)35-17-12-28(22-38(35)37(34)24-30)25-6-2-1-3-7-25/h1-24,39-40H,42H2/t39-,40?/m0/s1. The molecule has 0 bridgehead atoms. The van der Waals surface area contributed by atoms with E-state index in [1.165, 1.54) is 49.0 Å². The second-order valence-electron chi connectivity index (χ2n) is 11.7. The van der Waals surface area contributed by atoms with E-state index < -0.39 is 0 Å². The molecule has 2 atom stereocenters. The summed E-state index contributed by atoms with van der Waals surface area (Å²) in [6.07, 6.45) is 3.06. The van der Waals surface area contributed by atoms with Crippen LogP contribution >= 0.6 is 0 Å². The van der Waals surface area contributed by atoms with Gasteiger partial charge in [0.2, 0.25) is 5.89 Å². The van der Waals surface area contributed by atoms with Crippen molar-refractivity contribution in [2.75, 3.05) is 0 Å². The van der Waals surface area contributed by atoms with Gasteiger partial charge < -0.3 is 14.9 Å². The average Bonchev–Trinajstić information content (AvgIpc) is 3.58. The molecule has 2 heterocycles. The minimum atomic E-state index is -0.210. The van der Waals surface area contributed by atoms with Gasteiger partial charge in [0.1, 0.15) is 18.6 Å². The lowest BCUT2D eigenvalue weighted by molar-refractivity contribution is 0.377. The first-order valence-electron chi connectivity index (χ1n) is 15.2. The monoisotopic (exact) mass is 580 g/mol. The molecular weight excluding hydrogens is 552 g/mol. The minimum Gasteiger partial charge on any atom is -0.445 e. The summed E-state index contributed by atoms with van der Waals surface area (Å²) in [5, 5.41) is 7.38. The molecule has 1 aromatic heterocycles. The summed E-state index contributed by atoms with van der Waals surface area (Å²) in [4.78, 5) is 4.35. The highest BCUT2D eigenvalue weighted by Gasteiger charge is 2.36. The van der Waals surface area contributed by atoms with Crippen LogP contribution in [0.15, 0.2) is 150 Å². The van der Waals surface area contributed by atoms with Crippen LogP contribution in [0.1, 0.15) is 11.7 Å². The van der Waals surface area contributed by atoms with Crippen LogP contribution in [-0.2, 0) is 4.74 Å². The van der Waals surface area contributed by atoms with E-state index in [0.717, 1.165) is 27.8 Å². The SMILES string of the molecule is NC1O[C@H]1c1cccc(-c2ccc3c4ccc(-c5cccc(-c6ncco6)c5)cc4c4ccc(-c5ccccc5)cc4c3c2)c1. The molecule has 0 saturated carbocycles. The Morgan fingerprint density at radius 3 is 1.60 bits per heavy atom. The maximum atomic E-state index is 5.99. The fraction of sp³-hybridized carbons (Fsp3) is 0.0488. The lowest BCUT2D eigenvalue weighted by Gasteiger charge is -2.15. The van der Waals surface area contributed by atoms with Crippen molar-refractivity contribution in [1.29, 1.82) is 0 Å². The Morgan fingerprint density at radius 1 is 0.467 bits per heavy atom. The molecule has 0 aliphatic carbocycles. The minimum absolute atomic E-state index is 0.0196. The van der Waals surface area contributed by atoms with Crippen molar-refractivity contribution in [2.45, 2.75) is 12.3 Å². The van der Waals surface area contributed by atoms with Crippen LogP contribution in [0, 0.1) is 0 Å². The number of aromatic nitrogens is 1. The summed E-state index contributed by atoms with van der Waals surface area (Å²) >= 11 is 0. The molecule has 0 amide bonds. The quantitative estimate of drug-likeness (QED) is 0.162. The number of fused-ring (bicyclic) bond motifs is 6. The van der Waals surface area contributed by atoms with Crippen molar-refractivity contribution >= 4 is 32.3 Å². The Bertz CT molecular complexity index is 2380. The van der Waals surface area contributed by atoms with Crippen molar-refractivity contribution in [1.82, 2.24) is 4.98 Å². The Kier molecular flexibility index (Phi) is 5.91. The van der Waals surface area contributed by atoms with Gasteiger partial charge in [-0.15, -0.1) is 0 Å². The molecule has 2 N–H and O–H groups in total. The maximum absolute atomic E-state index is 5.99. The first kappa shape index (κ1) is 25.9. The molecule has 1 aliphatic heterocycles. The summed E-state index contributed by atoms with van der Waals surface area (Å²) in [6.45, 7) is 0. The molecule has 1 aliphatic rings. The molecule has 7 aromatic carbocycles. The molecule has 4 heteroatoms. The second kappa shape index (κ2) is 10.3. The number of ether oxygens (including phenoxy) is 1. The summed E-state index contributed by atoms with van der Waals surface area (Å²) in [7, 11) is 0. The van der Waals surface area contributed by atoms with Crippen molar-refractivity contribution in [2.24, 2.45) is 5.73 Å². The van der Waals surface area contributed by atoms with E-state index in [4.69, 9.17) is 14.9 Å². The van der Waals surface area contributed by atoms with Crippen LogP contribution in [0.2, 0.25) is 0 Å². The van der Waals surface area contributed by atoms with Crippen molar-refractivity contribution in [3.63, 3.8) is 0 Å². The van der Waals surface area contributed by atoms with Crippen LogP contribution in [-0.4, -0.2) is 11.2 Å². The molecule has 1 unspecified atom stereocenters. The van der Waals surface area contributed by atoms with Gasteiger partial charge in [0, 0.05) is 5.56 Å². The summed E-state index contributed by atoms with van der Waals surface area (Å²) in [5.41, 5.74) is 15.1. The molecule has 0 radical (unpaired) electrons. The number of oxazole rings is 1. The molecule has 9 rings (SSSR count). The predicted octanol–water partition coefficient (Wildman–Crippen LogP) is 10.2. The predicted molar refractivity (Wildman–Crippen MR) is 183 cm³/mol. The van der Waals surface area contributed by atoms with E-state index in [1.54, 1.807) is 12.5 Å². The fourth-order valence-electron chi connectivity index (χ4n) is 6.66. The van der Waals surface area contributed by atoms with Gasteiger partial charge >= 0.3 is 0 Å². The zero-order chi connectivity index (χ0) is 29.9. The van der Waals surface area contributed by atoms with Gasteiger partial charge in [-0.1, -0.05) is 97.1 Å². The summed E-state index contributed by atoms with van der Waals surface area (Å²) < 4.78 is 11.1. The van der Waals surface area contributed by atoms with E-state index in [1.807, 2.05) is 6.07 Å². The molecule has 4 nitrogen and oxygen atoms in total. The van der Waals surface area contributed by atoms with Crippen LogP contribution in [0.3, 0.4) is 0 Å². The highest BCUT2D eigenvalue weighted by molar-refractivity contribution is 6.26. The molecule has 0 spiro atoms. The van der Waals surface area contributed by atoms with E-state index in [2.05, 4.69) is 132 Å². The van der Waals surface area contributed by atoms with Gasteiger partial charge in [0.15, 0.2) is 0 Å². The summed E-state index contributed by atoms with van der Waals surface area (Å²) in [6, 6.07) is 48.0. The molecular formula is C41H28N2O2. The van der Waals surface area contributed by atoms with E-state index >= 15 is 0 Å². The number of hydrogen-bond donors (Lipinski definition) is 1. The van der Waals surface area contributed by atoms with Gasteiger partial charge in [-0.05, 0) is 108 Å². The molecule has 8 aromatic rings. The van der Waals surface area contributed by atoms with Gasteiger partial charge in [-0.25, -0.2) is 4.98 Å². The van der Waals surface area contributed by atoms with Crippen molar-refractivity contribution < 1.29 is 9.15 Å². The topological polar surface area (TPSA) is 64.6 Å². The number of nitrogens with two attached hydrogens (primary N) is 1. The van der Waals surface area contributed by atoms with Crippen LogP contribution in [0.4, 0.5) is 0 Å². The lowest BCUT2D eigenvalue weighted by atomic mass is 9.88. The molecule has 45 heavy (non-hydrogen) atoms. The zero-order valence-corrected chi connectivity index (χ0v) is 24.4. The molecule has 1 fully saturated rings. The highest BCUT2D eigenvalue weighted by Crippen LogP contribution is 2.42. The fourth-order valence-corrected chi connectivity index (χ4v) is 6.66. The molecule has 214 valence electrons. The number of benzene rings is 7. The van der Waals surface area contributed by atoms with Crippen molar-refractivity contribution in [3.8, 4) is 44.8 Å². The lowest BCUT2D eigenvalue weighted by Crippen LogP contribution is -2.01. The van der Waals surface area contributed by atoms with Crippen molar-refractivity contribution in [3.05, 3.63) is 151 Å².